The molecule has 0 bridgehead atoms. The Labute approximate surface area is 126 Å². The maximum Gasteiger partial charge on any atom is 0.251 e. The minimum absolute atomic E-state index is 0.0193. The highest BCUT2D eigenvalue weighted by Crippen LogP contribution is 2.33. The maximum absolute atomic E-state index is 12.2. The molecule has 0 unspecified atom stereocenters. The van der Waals surface area contributed by atoms with Crippen molar-refractivity contribution in [1.82, 2.24) is 5.32 Å². The monoisotopic (exact) mass is 285 g/mol. The minimum Gasteiger partial charge on any atom is -0.395 e. The Balaban J connectivity index is 1.93. The fraction of sp³-hybridized carbons (Fsp3) is 0.500. The molecule has 2 N–H and O–H groups in total. The van der Waals surface area contributed by atoms with Gasteiger partial charge in [0.1, 0.15) is 0 Å². The van der Waals surface area contributed by atoms with Crippen molar-refractivity contribution in [3.05, 3.63) is 34.9 Å². The van der Waals surface area contributed by atoms with Crippen LogP contribution in [0.2, 0.25) is 0 Å². The summed E-state index contributed by atoms with van der Waals surface area (Å²) in [6.07, 6.45) is 5.47. The number of carbonyl (C=O) groups is 1. The van der Waals surface area contributed by atoms with Gasteiger partial charge in [-0.1, -0.05) is 30.7 Å². The van der Waals surface area contributed by atoms with Crippen molar-refractivity contribution in [2.24, 2.45) is 5.92 Å². The molecule has 0 aromatic heterocycles. The fourth-order valence-corrected chi connectivity index (χ4v) is 2.33. The number of rotatable bonds is 6. The normalized spacial score (nSPS) is 13.4. The summed E-state index contributed by atoms with van der Waals surface area (Å²) >= 11 is 0. The number of hydrogen-bond donors (Lipinski definition) is 2. The first kappa shape index (κ1) is 15.6. The van der Waals surface area contributed by atoms with E-state index in [1.807, 2.05) is 25.1 Å². The van der Waals surface area contributed by atoms with Gasteiger partial charge in [0, 0.05) is 24.1 Å². The second kappa shape index (κ2) is 7.85. The summed E-state index contributed by atoms with van der Waals surface area (Å²) in [5.41, 5.74) is 2.45. The Morgan fingerprint density at radius 1 is 1.43 bits per heavy atom. The van der Waals surface area contributed by atoms with Crippen LogP contribution in [0.15, 0.2) is 18.2 Å². The van der Waals surface area contributed by atoms with Crippen LogP contribution in [-0.2, 0) is 0 Å². The molecular weight excluding hydrogens is 262 g/mol. The average molecular weight is 285 g/mol. The summed E-state index contributed by atoms with van der Waals surface area (Å²) in [4.78, 5) is 12.2. The predicted molar refractivity (Wildman–Crippen MR) is 84.1 cm³/mol. The van der Waals surface area contributed by atoms with E-state index < -0.39 is 0 Å². The minimum atomic E-state index is -0.0193. The van der Waals surface area contributed by atoms with Crippen molar-refractivity contribution in [2.45, 2.75) is 39.0 Å². The molecular formula is C18H23NO2. The van der Waals surface area contributed by atoms with Crippen LogP contribution in [0.3, 0.4) is 0 Å². The second-order valence-corrected chi connectivity index (χ2v) is 5.60. The zero-order valence-corrected chi connectivity index (χ0v) is 12.6. The lowest BCUT2D eigenvalue weighted by Gasteiger charge is -2.09. The van der Waals surface area contributed by atoms with Gasteiger partial charge in [0.05, 0.1) is 6.61 Å². The molecule has 2 rings (SSSR count). The van der Waals surface area contributed by atoms with Crippen LogP contribution in [-0.4, -0.2) is 24.2 Å². The topological polar surface area (TPSA) is 49.3 Å². The fourth-order valence-electron chi connectivity index (χ4n) is 2.33. The van der Waals surface area contributed by atoms with E-state index in [1.165, 1.54) is 19.3 Å². The highest BCUT2D eigenvalue weighted by molar-refractivity contribution is 5.96. The summed E-state index contributed by atoms with van der Waals surface area (Å²) in [7, 11) is 0. The molecule has 0 radical (unpaired) electrons. The van der Waals surface area contributed by atoms with Gasteiger partial charge in [0.25, 0.3) is 5.91 Å². The number of aliphatic hydroxyl groups excluding tert-OH is 1. The number of hydrogen-bond acceptors (Lipinski definition) is 2. The third-order valence-corrected chi connectivity index (χ3v) is 3.81. The summed E-state index contributed by atoms with van der Waals surface area (Å²) in [6.45, 7) is 2.73. The van der Waals surface area contributed by atoms with E-state index in [9.17, 15) is 4.79 Å². The van der Waals surface area contributed by atoms with Crippen molar-refractivity contribution < 1.29 is 9.90 Å². The van der Waals surface area contributed by atoms with Crippen molar-refractivity contribution in [3.8, 4) is 11.8 Å². The van der Waals surface area contributed by atoms with E-state index in [4.69, 9.17) is 5.11 Å². The van der Waals surface area contributed by atoms with E-state index >= 15 is 0 Å². The Hall–Kier alpha value is -1.79. The van der Waals surface area contributed by atoms with Gasteiger partial charge in [-0.25, -0.2) is 0 Å². The highest BCUT2D eigenvalue weighted by Gasteiger charge is 2.20. The number of benzene rings is 1. The molecule has 1 aliphatic carbocycles. The van der Waals surface area contributed by atoms with Crippen molar-refractivity contribution in [1.29, 1.82) is 0 Å². The van der Waals surface area contributed by atoms with Gasteiger partial charge in [-0.15, -0.1) is 0 Å². The molecule has 3 heteroatoms. The standard InChI is InChI=1S/C18H23NO2/c1-14-16(7-2-3-13-20)8-4-9-17(14)18(21)19-12-5-6-15-10-11-15/h4,8-9,15,20H,3,5-6,10-13H2,1H3,(H,19,21). The molecule has 0 saturated heterocycles. The van der Waals surface area contributed by atoms with Gasteiger partial charge >= 0.3 is 0 Å². The quantitative estimate of drug-likeness (QED) is 0.623. The molecule has 1 aliphatic rings. The van der Waals surface area contributed by atoms with E-state index in [0.717, 1.165) is 30.0 Å². The molecule has 1 aromatic rings. The Morgan fingerprint density at radius 3 is 2.95 bits per heavy atom. The second-order valence-electron chi connectivity index (χ2n) is 5.60. The molecule has 1 amide bonds. The Morgan fingerprint density at radius 2 is 2.24 bits per heavy atom. The van der Waals surface area contributed by atoms with Crippen LogP contribution in [0.5, 0.6) is 0 Å². The number of carbonyl (C=O) groups excluding carboxylic acids is 1. The van der Waals surface area contributed by atoms with Gasteiger partial charge in [-0.3, -0.25) is 4.79 Å². The highest BCUT2D eigenvalue weighted by atomic mass is 16.2. The van der Waals surface area contributed by atoms with Crippen LogP contribution in [0, 0.1) is 24.7 Å². The molecule has 0 heterocycles. The predicted octanol–water partition coefficient (Wildman–Crippen LogP) is 2.65. The lowest BCUT2D eigenvalue weighted by atomic mass is 10.0. The summed E-state index contributed by atoms with van der Waals surface area (Å²) in [5.74, 6) is 6.80. The molecule has 112 valence electrons. The van der Waals surface area contributed by atoms with E-state index in [2.05, 4.69) is 17.2 Å². The summed E-state index contributed by atoms with van der Waals surface area (Å²) in [6, 6.07) is 5.60. The zero-order chi connectivity index (χ0) is 15.1. The summed E-state index contributed by atoms with van der Waals surface area (Å²) in [5, 5.41) is 11.7. The van der Waals surface area contributed by atoms with Gasteiger partial charge in [-0.2, -0.15) is 0 Å². The SMILES string of the molecule is Cc1c(C#CCCO)cccc1C(=O)NCCCC1CC1. The Kier molecular flexibility index (Phi) is 5.83. The third-order valence-electron chi connectivity index (χ3n) is 3.81. The number of aliphatic hydroxyl groups is 1. The smallest absolute Gasteiger partial charge is 0.251 e. The zero-order valence-electron chi connectivity index (χ0n) is 12.6. The maximum atomic E-state index is 12.2. The number of nitrogens with one attached hydrogen (secondary N) is 1. The third kappa shape index (κ3) is 4.91. The van der Waals surface area contributed by atoms with E-state index in [1.54, 1.807) is 0 Å². The molecule has 0 atom stereocenters. The molecule has 1 fully saturated rings. The number of amides is 1. The lowest BCUT2D eigenvalue weighted by Crippen LogP contribution is -2.25. The molecule has 0 aliphatic heterocycles. The van der Waals surface area contributed by atoms with Crippen LogP contribution in [0.25, 0.3) is 0 Å². The van der Waals surface area contributed by atoms with Crippen molar-refractivity contribution in [2.75, 3.05) is 13.2 Å². The van der Waals surface area contributed by atoms with E-state index in [0.29, 0.717) is 12.0 Å². The first-order valence-electron chi connectivity index (χ1n) is 7.70. The first-order chi connectivity index (χ1) is 10.2. The van der Waals surface area contributed by atoms with Gasteiger partial charge in [0.2, 0.25) is 0 Å². The van der Waals surface area contributed by atoms with Crippen molar-refractivity contribution >= 4 is 5.91 Å². The molecule has 21 heavy (non-hydrogen) atoms. The summed E-state index contributed by atoms with van der Waals surface area (Å²) < 4.78 is 0. The van der Waals surface area contributed by atoms with Crippen LogP contribution < -0.4 is 5.32 Å². The molecule has 0 spiro atoms. The van der Waals surface area contributed by atoms with Crippen LogP contribution in [0.4, 0.5) is 0 Å². The van der Waals surface area contributed by atoms with Crippen molar-refractivity contribution in [3.63, 3.8) is 0 Å². The molecule has 1 aromatic carbocycles. The molecule has 1 saturated carbocycles. The largest absolute Gasteiger partial charge is 0.395 e. The van der Waals surface area contributed by atoms with Gasteiger partial charge in [0.15, 0.2) is 0 Å². The first-order valence-corrected chi connectivity index (χ1v) is 7.70. The van der Waals surface area contributed by atoms with Crippen LogP contribution in [0.1, 0.15) is 53.6 Å². The van der Waals surface area contributed by atoms with E-state index in [-0.39, 0.29) is 12.5 Å². The average Bonchev–Trinajstić information content (AvgIpc) is 3.29. The lowest BCUT2D eigenvalue weighted by molar-refractivity contribution is 0.0952. The Bertz CT molecular complexity index is 550. The van der Waals surface area contributed by atoms with Gasteiger partial charge < -0.3 is 10.4 Å². The molecule has 3 nitrogen and oxygen atoms in total. The van der Waals surface area contributed by atoms with Gasteiger partial charge in [-0.05, 0) is 43.4 Å². The van der Waals surface area contributed by atoms with Crippen LogP contribution >= 0.6 is 0 Å².